The summed E-state index contributed by atoms with van der Waals surface area (Å²) < 4.78 is 0. The predicted octanol–water partition coefficient (Wildman–Crippen LogP) is 2.67. The van der Waals surface area contributed by atoms with Crippen molar-refractivity contribution < 1.29 is 19.8 Å². The number of ketones is 2. The van der Waals surface area contributed by atoms with E-state index in [0.717, 1.165) is 32.1 Å². The summed E-state index contributed by atoms with van der Waals surface area (Å²) in [4.78, 5) is 24.2. The second-order valence-corrected chi connectivity index (χ2v) is 9.42. The van der Waals surface area contributed by atoms with Gasteiger partial charge in [-0.25, -0.2) is 0 Å². The molecule has 0 bridgehead atoms. The molecule has 4 aliphatic carbocycles. The van der Waals surface area contributed by atoms with Crippen LogP contribution in [-0.4, -0.2) is 34.5 Å². The average molecular weight is 349 g/mol. The van der Waals surface area contributed by atoms with E-state index < -0.39 is 6.10 Å². The summed E-state index contributed by atoms with van der Waals surface area (Å²) in [5, 5.41) is 20.5. The Balaban J connectivity index is 1.70. The van der Waals surface area contributed by atoms with Gasteiger partial charge in [0.05, 0.1) is 6.10 Å². The Morgan fingerprint density at radius 1 is 1.24 bits per heavy atom. The van der Waals surface area contributed by atoms with Crippen molar-refractivity contribution in [2.75, 3.05) is 6.61 Å². The van der Waals surface area contributed by atoms with Crippen LogP contribution < -0.4 is 0 Å². The Labute approximate surface area is 149 Å². The zero-order valence-corrected chi connectivity index (χ0v) is 15.3. The maximum absolute atomic E-state index is 12.3. The number of hydrogen-bond donors (Lipinski definition) is 2. The van der Waals surface area contributed by atoms with Gasteiger partial charge in [-0.05, 0) is 73.2 Å². The largest absolute Gasteiger partial charge is 0.393 e. The summed E-state index contributed by atoms with van der Waals surface area (Å²) >= 11 is 0. The zero-order valence-electron chi connectivity index (χ0n) is 15.3. The normalized spacial score (nSPS) is 49.0. The monoisotopic (exact) mass is 349 g/mol. The molecule has 0 amide bonds. The minimum absolute atomic E-state index is 0.0541. The summed E-state index contributed by atoms with van der Waals surface area (Å²) in [5.74, 6) is 1.12. The molecular formula is C21H30O4. The van der Waals surface area contributed by atoms with E-state index in [0.29, 0.717) is 24.7 Å². The van der Waals surface area contributed by atoms with Gasteiger partial charge < -0.3 is 10.2 Å². The van der Waals surface area contributed by atoms with E-state index in [9.17, 15) is 19.8 Å². The third kappa shape index (κ3) is 2.33. The van der Waals surface area contributed by atoms with Crippen LogP contribution in [0.25, 0.3) is 0 Å². The smallest absolute Gasteiger partial charge is 0.161 e. The van der Waals surface area contributed by atoms with Crippen LogP contribution in [0.3, 0.4) is 0 Å². The molecule has 0 saturated heterocycles. The van der Waals surface area contributed by atoms with E-state index in [4.69, 9.17) is 0 Å². The number of allylic oxidation sites excluding steroid dienone is 1. The number of carbonyl (C=O) groups is 2. The third-order valence-electron chi connectivity index (χ3n) is 8.44. The number of Topliss-reactive ketones (excluding diaryl/α,β-unsaturated/α-hetero) is 1. The molecule has 0 aliphatic heterocycles. The number of hydrogen-bond acceptors (Lipinski definition) is 4. The van der Waals surface area contributed by atoms with E-state index in [1.807, 2.05) is 6.08 Å². The van der Waals surface area contributed by atoms with E-state index in [1.165, 1.54) is 5.57 Å². The molecule has 0 radical (unpaired) electrons. The molecule has 25 heavy (non-hydrogen) atoms. The molecular weight excluding hydrogens is 319 g/mol. The molecule has 3 fully saturated rings. The van der Waals surface area contributed by atoms with E-state index in [1.54, 1.807) is 0 Å². The first-order valence-corrected chi connectivity index (χ1v) is 9.87. The molecule has 3 saturated carbocycles. The van der Waals surface area contributed by atoms with Crippen molar-refractivity contribution in [3.63, 3.8) is 0 Å². The molecule has 4 heteroatoms. The maximum Gasteiger partial charge on any atom is 0.161 e. The molecule has 2 N–H and O–H groups in total. The SMILES string of the molecule is C[C@]12C[C@H](O)[C@H]3[C@@H](CCC4=[13CH][13C](=O)[13CH2]C[C@@]43C)[C@@H]1CC[C@@H]2C(=O)CO. The first-order chi connectivity index (χ1) is 11.8. The van der Waals surface area contributed by atoms with E-state index >= 15 is 0 Å². The van der Waals surface area contributed by atoms with Crippen molar-refractivity contribution in [2.45, 2.75) is 64.9 Å². The highest BCUT2D eigenvalue weighted by molar-refractivity contribution is 5.91. The van der Waals surface area contributed by atoms with Crippen molar-refractivity contribution in [3.05, 3.63) is 11.6 Å². The second-order valence-electron chi connectivity index (χ2n) is 9.42. The highest BCUT2D eigenvalue weighted by atomic mass is 16.3. The highest BCUT2D eigenvalue weighted by Gasteiger charge is 2.62. The van der Waals surface area contributed by atoms with Crippen LogP contribution in [0.15, 0.2) is 11.6 Å². The van der Waals surface area contributed by atoms with Crippen LogP contribution in [0.2, 0.25) is 0 Å². The molecule has 4 nitrogen and oxygen atoms in total. The van der Waals surface area contributed by atoms with Crippen LogP contribution in [0.4, 0.5) is 0 Å². The number of aliphatic hydroxyl groups excluding tert-OH is 2. The Morgan fingerprint density at radius 2 is 2.00 bits per heavy atom. The lowest BCUT2D eigenvalue weighted by Gasteiger charge is -2.59. The first-order valence-electron chi connectivity index (χ1n) is 9.87. The second kappa shape index (κ2) is 5.75. The third-order valence-corrected chi connectivity index (χ3v) is 8.44. The molecule has 0 spiro atoms. The lowest BCUT2D eigenvalue weighted by Crippen LogP contribution is -2.57. The standard InChI is InChI=1S/C21H30O4/c1-20-8-7-13(23)9-12(20)3-4-14-15-5-6-16(18(25)11-22)21(15,2)10-17(24)19(14)20/h9,14-17,19,22,24H,3-8,10-11H2,1-2H3/t14-,15-,16+,17-,19+,20-,21-/m0/s1/i7+1,9+1,13+1. The molecule has 7 atom stereocenters. The van der Waals surface area contributed by atoms with E-state index in [2.05, 4.69) is 13.8 Å². The summed E-state index contributed by atoms with van der Waals surface area (Å²) in [6.07, 6.45) is 7.32. The fourth-order valence-corrected chi connectivity index (χ4v) is 7.33. The summed E-state index contributed by atoms with van der Waals surface area (Å²) in [5.41, 5.74) is 0.979. The van der Waals surface area contributed by atoms with Gasteiger partial charge in [-0.1, -0.05) is 19.4 Å². The van der Waals surface area contributed by atoms with Crippen molar-refractivity contribution in [1.82, 2.24) is 0 Å². The minimum atomic E-state index is -0.430. The lowest BCUT2D eigenvalue weighted by molar-refractivity contribution is -0.146. The van der Waals surface area contributed by atoms with Gasteiger partial charge in [0, 0.05) is 12.3 Å². The Hall–Kier alpha value is -1.00. The number of aliphatic hydroxyl groups is 2. The highest BCUT2D eigenvalue weighted by Crippen LogP contribution is 2.66. The lowest BCUT2D eigenvalue weighted by atomic mass is 9.47. The van der Waals surface area contributed by atoms with Crippen LogP contribution in [0.5, 0.6) is 0 Å². The van der Waals surface area contributed by atoms with Gasteiger partial charge >= 0.3 is 0 Å². The van der Waals surface area contributed by atoms with Crippen molar-refractivity contribution in [3.8, 4) is 0 Å². The molecule has 0 aromatic heterocycles. The fraction of sp³-hybridized carbons (Fsp3) is 0.810. The maximum atomic E-state index is 12.3. The molecule has 138 valence electrons. The van der Waals surface area contributed by atoms with Crippen molar-refractivity contribution in [1.29, 1.82) is 0 Å². The Bertz CT molecular complexity index is 638. The predicted molar refractivity (Wildman–Crippen MR) is 93.7 cm³/mol. The molecule has 0 heterocycles. The topological polar surface area (TPSA) is 74.6 Å². The van der Waals surface area contributed by atoms with Crippen LogP contribution in [-0.2, 0) is 9.59 Å². The average Bonchev–Trinajstić information content (AvgIpc) is 2.91. The van der Waals surface area contributed by atoms with Gasteiger partial charge in [-0.2, -0.15) is 0 Å². The summed E-state index contributed by atoms with van der Waals surface area (Å²) in [6.45, 7) is 4.03. The molecule has 0 aromatic rings. The van der Waals surface area contributed by atoms with Crippen LogP contribution in [0, 0.1) is 34.5 Å². The fourth-order valence-electron chi connectivity index (χ4n) is 7.33. The summed E-state index contributed by atoms with van der Waals surface area (Å²) in [7, 11) is 0. The minimum Gasteiger partial charge on any atom is -0.393 e. The first kappa shape index (κ1) is 17.4. The molecule has 0 unspecified atom stereocenters. The quantitative estimate of drug-likeness (QED) is 0.752. The van der Waals surface area contributed by atoms with Gasteiger partial charge in [-0.15, -0.1) is 0 Å². The van der Waals surface area contributed by atoms with Gasteiger partial charge in [-0.3, -0.25) is 9.59 Å². The number of fused-ring (bicyclic) bond motifs is 5. The number of carbonyl (C=O) groups excluding carboxylic acids is 2. The van der Waals surface area contributed by atoms with Gasteiger partial charge in [0.15, 0.2) is 11.6 Å². The van der Waals surface area contributed by atoms with Crippen LogP contribution in [0.1, 0.15) is 58.8 Å². The van der Waals surface area contributed by atoms with Crippen molar-refractivity contribution in [2.24, 2.45) is 34.5 Å². The van der Waals surface area contributed by atoms with Gasteiger partial charge in [0.1, 0.15) is 6.61 Å². The van der Waals surface area contributed by atoms with Crippen molar-refractivity contribution >= 4 is 11.6 Å². The zero-order chi connectivity index (χ0) is 18.0. The number of rotatable bonds is 2. The van der Waals surface area contributed by atoms with Crippen LogP contribution >= 0.6 is 0 Å². The van der Waals surface area contributed by atoms with Gasteiger partial charge in [0.25, 0.3) is 0 Å². The van der Waals surface area contributed by atoms with E-state index in [-0.39, 0.29) is 40.8 Å². The Kier molecular flexibility index (Phi) is 4.01. The molecule has 0 aromatic carbocycles. The molecule has 4 aliphatic rings. The van der Waals surface area contributed by atoms with Gasteiger partial charge in [0.2, 0.25) is 0 Å². The Morgan fingerprint density at radius 3 is 2.72 bits per heavy atom. The summed E-state index contributed by atoms with van der Waals surface area (Å²) in [6, 6.07) is 0. The molecule has 4 rings (SSSR count).